The second kappa shape index (κ2) is 6.04. The molecule has 1 heterocycles. The summed E-state index contributed by atoms with van der Waals surface area (Å²) in [5, 5.41) is 4.09. The Balaban J connectivity index is 1.98. The Morgan fingerprint density at radius 3 is 3.00 bits per heavy atom. The second-order valence-electron chi connectivity index (χ2n) is 4.13. The van der Waals surface area contributed by atoms with Crippen LogP contribution in [0, 0.1) is 0 Å². The van der Waals surface area contributed by atoms with Crippen molar-refractivity contribution in [3.05, 3.63) is 30.3 Å². The Bertz CT molecular complexity index is 584. The fourth-order valence-corrected chi connectivity index (χ4v) is 1.77. The number of carbonyl (C=O) groups excluding carboxylic acids is 1. The van der Waals surface area contributed by atoms with Gasteiger partial charge in [0.25, 0.3) is 0 Å². The van der Waals surface area contributed by atoms with E-state index >= 15 is 0 Å². The van der Waals surface area contributed by atoms with Gasteiger partial charge in [-0.05, 0) is 37.3 Å². The van der Waals surface area contributed by atoms with E-state index in [1.165, 1.54) is 0 Å². The zero-order valence-electron chi connectivity index (χ0n) is 10.8. The number of aromatic nitrogens is 1. The number of nitrogen functional groups attached to an aromatic ring is 1. The number of ether oxygens (including phenoxy) is 1. The molecule has 0 saturated heterocycles. The summed E-state index contributed by atoms with van der Waals surface area (Å²) in [7, 11) is 0. The van der Waals surface area contributed by atoms with Crippen molar-refractivity contribution in [3.63, 3.8) is 0 Å². The van der Waals surface area contributed by atoms with Crippen LogP contribution in [-0.4, -0.2) is 24.1 Å². The van der Waals surface area contributed by atoms with Gasteiger partial charge >= 0.3 is 5.97 Å². The van der Waals surface area contributed by atoms with Gasteiger partial charge in [0.15, 0.2) is 0 Å². The monoisotopic (exact) mass is 259 g/mol. The SMILES string of the molecule is CCOC(=O)CCNc1ccc2cc(N)ccc2n1. The number of fused-ring (bicyclic) bond motifs is 1. The predicted octanol–water partition coefficient (Wildman–Crippen LogP) is 2.18. The van der Waals surface area contributed by atoms with Crippen LogP contribution in [-0.2, 0) is 9.53 Å². The lowest BCUT2D eigenvalue weighted by Gasteiger charge is -2.07. The number of anilines is 2. The molecule has 0 spiro atoms. The van der Waals surface area contributed by atoms with E-state index in [1.54, 1.807) is 6.92 Å². The molecule has 0 aliphatic rings. The molecule has 5 nitrogen and oxygen atoms in total. The zero-order chi connectivity index (χ0) is 13.7. The van der Waals surface area contributed by atoms with Crippen molar-refractivity contribution >= 4 is 28.4 Å². The molecule has 0 saturated carbocycles. The van der Waals surface area contributed by atoms with Crippen LogP contribution >= 0.6 is 0 Å². The molecule has 2 rings (SSSR count). The Hall–Kier alpha value is -2.30. The molecule has 0 unspecified atom stereocenters. The third kappa shape index (κ3) is 3.58. The van der Waals surface area contributed by atoms with Crippen LogP contribution < -0.4 is 11.1 Å². The van der Waals surface area contributed by atoms with Gasteiger partial charge in [-0.2, -0.15) is 0 Å². The van der Waals surface area contributed by atoms with Gasteiger partial charge < -0.3 is 15.8 Å². The summed E-state index contributed by atoms with van der Waals surface area (Å²) in [6, 6.07) is 9.39. The number of benzene rings is 1. The largest absolute Gasteiger partial charge is 0.466 e. The van der Waals surface area contributed by atoms with E-state index < -0.39 is 0 Å². The summed E-state index contributed by atoms with van der Waals surface area (Å²) in [6.45, 7) is 2.71. The fraction of sp³-hybridized carbons (Fsp3) is 0.286. The predicted molar refractivity (Wildman–Crippen MR) is 75.9 cm³/mol. The molecule has 1 aromatic heterocycles. The first-order valence-electron chi connectivity index (χ1n) is 6.25. The summed E-state index contributed by atoms with van der Waals surface area (Å²) in [5.41, 5.74) is 7.30. The number of nitrogens with zero attached hydrogens (tertiary/aromatic N) is 1. The molecule has 0 aliphatic heterocycles. The van der Waals surface area contributed by atoms with E-state index in [4.69, 9.17) is 10.5 Å². The first-order chi connectivity index (χ1) is 9.19. The molecule has 1 aromatic carbocycles. The summed E-state index contributed by atoms with van der Waals surface area (Å²) in [4.78, 5) is 15.6. The van der Waals surface area contributed by atoms with E-state index in [0.29, 0.717) is 19.6 Å². The quantitative estimate of drug-likeness (QED) is 0.635. The summed E-state index contributed by atoms with van der Waals surface area (Å²) >= 11 is 0. The first-order valence-corrected chi connectivity index (χ1v) is 6.25. The molecule has 0 atom stereocenters. The molecule has 0 amide bonds. The van der Waals surface area contributed by atoms with Crippen LogP contribution in [0.1, 0.15) is 13.3 Å². The van der Waals surface area contributed by atoms with Crippen LogP contribution in [0.15, 0.2) is 30.3 Å². The molecule has 2 aromatic rings. The van der Waals surface area contributed by atoms with Crippen LogP contribution in [0.3, 0.4) is 0 Å². The normalized spacial score (nSPS) is 10.4. The third-order valence-corrected chi connectivity index (χ3v) is 2.65. The number of hydrogen-bond donors (Lipinski definition) is 2. The minimum atomic E-state index is -0.205. The van der Waals surface area contributed by atoms with E-state index in [1.807, 2.05) is 30.3 Å². The highest BCUT2D eigenvalue weighted by Gasteiger charge is 2.02. The van der Waals surface area contributed by atoms with E-state index in [9.17, 15) is 4.79 Å². The highest BCUT2D eigenvalue weighted by molar-refractivity contribution is 5.83. The van der Waals surface area contributed by atoms with Gasteiger partial charge in [0, 0.05) is 17.6 Å². The van der Waals surface area contributed by atoms with Crippen molar-refractivity contribution in [1.29, 1.82) is 0 Å². The Labute approximate surface area is 111 Å². The number of pyridine rings is 1. The van der Waals surface area contributed by atoms with Crippen LogP contribution in [0.4, 0.5) is 11.5 Å². The van der Waals surface area contributed by atoms with Gasteiger partial charge in [-0.15, -0.1) is 0 Å². The van der Waals surface area contributed by atoms with E-state index in [0.717, 1.165) is 22.4 Å². The Morgan fingerprint density at radius 1 is 1.37 bits per heavy atom. The topological polar surface area (TPSA) is 77.2 Å². The van der Waals surface area contributed by atoms with Gasteiger partial charge in [-0.1, -0.05) is 0 Å². The van der Waals surface area contributed by atoms with Crippen LogP contribution in [0.25, 0.3) is 10.9 Å². The van der Waals surface area contributed by atoms with Crippen molar-refractivity contribution < 1.29 is 9.53 Å². The average Bonchev–Trinajstić information content (AvgIpc) is 2.39. The lowest BCUT2D eigenvalue weighted by Crippen LogP contribution is -2.11. The number of nitrogens with two attached hydrogens (primary N) is 1. The second-order valence-corrected chi connectivity index (χ2v) is 4.13. The molecule has 0 radical (unpaired) electrons. The lowest BCUT2D eigenvalue weighted by molar-refractivity contribution is -0.142. The minimum Gasteiger partial charge on any atom is -0.466 e. The molecule has 3 N–H and O–H groups in total. The molecular weight excluding hydrogens is 242 g/mol. The van der Waals surface area contributed by atoms with Crippen molar-refractivity contribution in [2.75, 3.05) is 24.2 Å². The number of nitrogens with one attached hydrogen (secondary N) is 1. The maximum atomic E-state index is 11.2. The molecule has 0 bridgehead atoms. The summed E-state index contributed by atoms with van der Waals surface area (Å²) < 4.78 is 4.85. The highest BCUT2D eigenvalue weighted by atomic mass is 16.5. The minimum absolute atomic E-state index is 0.205. The van der Waals surface area contributed by atoms with E-state index in [-0.39, 0.29) is 5.97 Å². The number of esters is 1. The summed E-state index contributed by atoms with van der Waals surface area (Å²) in [5.74, 6) is 0.533. The zero-order valence-corrected chi connectivity index (χ0v) is 10.8. The van der Waals surface area contributed by atoms with Gasteiger partial charge in [-0.3, -0.25) is 4.79 Å². The van der Waals surface area contributed by atoms with Crippen LogP contribution in [0.2, 0.25) is 0 Å². The highest BCUT2D eigenvalue weighted by Crippen LogP contribution is 2.17. The molecule has 5 heteroatoms. The molecule has 0 fully saturated rings. The molecular formula is C14H17N3O2. The van der Waals surface area contributed by atoms with Crippen molar-refractivity contribution in [3.8, 4) is 0 Å². The smallest absolute Gasteiger partial charge is 0.307 e. The number of carbonyl (C=O) groups is 1. The van der Waals surface area contributed by atoms with E-state index in [2.05, 4.69) is 10.3 Å². The van der Waals surface area contributed by atoms with Crippen molar-refractivity contribution in [2.24, 2.45) is 0 Å². The number of hydrogen-bond acceptors (Lipinski definition) is 5. The Kier molecular flexibility index (Phi) is 4.18. The maximum absolute atomic E-state index is 11.2. The standard InChI is InChI=1S/C14H17N3O2/c1-2-19-14(18)7-8-16-13-6-3-10-9-11(15)4-5-12(10)17-13/h3-6,9H,2,7-8,15H2,1H3,(H,16,17). The Morgan fingerprint density at radius 2 is 2.21 bits per heavy atom. The molecule has 100 valence electrons. The van der Waals surface area contributed by atoms with Gasteiger partial charge in [0.05, 0.1) is 18.5 Å². The van der Waals surface area contributed by atoms with Gasteiger partial charge in [0.1, 0.15) is 5.82 Å². The molecule has 0 aliphatic carbocycles. The maximum Gasteiger partial charge on any atom is 0.307 e. The van der Waals surface area contributed by atoms with Crippen molar-refractivity contribution in [2.45, 2.75) is 13.3 Å². The summed E-state index contributed by atoms with van der Waals surface area (Å²) in [6.07, 6.45) is 0.329. The third-order valence-electron chi connectivity index (χ3n) is 2.65. The van der Waals surface area contributed by atoms with Crippen molar-refractivity contribution in [1.82, 2.24) is 4.98 Å². The number of rotatable bonds is 5. The van der Waals surface area contributed by atoms with Gasteiger partial charge in [0.2, 0.25) is 0 Å². The molecule has 19 heavy (non-hydrogen) atoms. The fourth-order valence-electron chi connectivity index (χ4n) is 1.77. The first kappa shape index (κ1) is 13.1. The van der Waals surface area contributed by atoms with Crippen LogP contribution in [0.5, 0.6) is 0 Å². The lowest BCUT2D eigenvalue weighted by atomic mass is 10.2. The van der Waals surface area contributed by atoms with Gasteiger partial charge in [-0.25, -0.2) is 4.98 Å². The average molecular weight is 259 g/mol.